The van der Waals surface area contributed by atoms with Crippen LogP contribution in [0.1, 0.15) is 0 Å². The minimum Gasteiger partial charge on any atom is -0.490 e. The molecule has 0 saturated carbocycles. The lowest BCUT2D eigenvalue weighted by atomic mass is 10.2. The van der Waals surface area contributed by atoms with Crippen LogP contribution in [0.2, 0.25) is 0 Å². The van der Waals surface area contributed by atoms with Crippen LogP contribution in [-0.4, -0.2) is 21.6 Å². The molecule has 1 aromatic carbocycles. The summed E-state index contributed by atoms with van der Waals surface area (Å²) in [6.07, 6.45) is 6.95. The van der Waals surface area contributed by atoms with Gasteiger partial charge in [0.1, 0.15) is 12.4 Å². The molecule has 0 spiro atoms. The Morgan fingerprint density at radius 1 is 1.09 bits per heavy atom. The van der Waals surface area contributed by atoms with Gasteiger partial charge in [-0.05, 0) is 42.5 Å². The summed E-state index contributed by atoms with van der Waals surface area (Å²) in [5.74, 6) is 1.33. The minimum atomic E-state index is 0.489. The van der Waals surface area contributed by atoms with Gasteiger partial charge in [0, 0.05) is 29.8 Å². The number of pyridine rings is 1. The minimum absolute atomic E-state index is 0.489. The third-order valence-corrected chi connectivity index (χ3v) is 3.09. The smallest absolute Gasteiger partial charge is 0.227 e. The van der Waals surface area contributed by atoms with E-state index in [9.17, 15) is 0 Å². The number of anilines is 2. The molecule has 2 aromatic heterocycles. The van der Waals surface area contributed by atoms with Gasteiger partial charge in [-0.1, -0.05) is 12.7 Å². The fourth-order valence-electron chi connectivity index (χ4n) is 2.01. The maximum atomic E-state index is 5.45. The first kappa shape index (κ1) is 14.7. The van der Waals surface area contributed by atoms with Crippen LogP contribution >= 0.6 is 0 Å². The summed E-state index contributed by atoms with van der Waals surface area (Å²) in [6, 6.07) is 13.3. The molecule has 114 valence electrons. The zero-order valence-electron chi connectivity index (χ0n) is 12.5. The lowest BCUT2D eigenvalue weighted by Gasteiger charge is -2.08. The summed E-state index contributed by atoms with van der Waals surface area (Å²) in [4.78, 5) is 12.9. The first-order chi connectivity index (χ1) is 11.3. The third kappa shape index (κ3) is 3.91. The van der Waals surface area contributed by atoms with Crippen molar-refractivity contribution in [3.05, 3.63) is 73.7 Å². The number of hydrogen-bond donors (Lipinski definition) is 1. The van der Waals surface area contributed by atoms with Gasteiger partial charge in [0.05, 0.1) is 5.69 Å². The summed E-state index contributed by atoms with van der Waals surface area (Å²) in [6.45, 7) is 4.11. The molecular weight excluding hydrogens is 288 g/mol. The highest BCUT2D eigenvalue weighted by Crippen LogP contribution is 2.20. The summed E-state index contributed by atoms with van der Waals surface area (Å²) in [5.41, 5.74) is 2.66. The number of benzene rings is 1. The van der Waals surface area contributed by atoms with Crippen LogP contribution in [0.25, 0.3) is 11.3 Å². The summed E-state index contributed by atoms with van der Waals surface area (Å²) >= 11 is 0. The summed E-state index contributed by atoms with van der Waals surface area (Å²) in [5, 5.41) is 3.18. The normalized spacial score (nSPS) is 10.1. The summed E-state index contributed by atoms with van der Waals surface area (Å²) < 4.78 is 5.45. The van der Waals surface area contributed by atoms with Gasteiger partial charge in [0.25, 0.3) is 0 Å². The van der Waals surface area contributed by atoms with Crippen LogP contribution < -0.4 is 10.1 Å². The van der Waals surface area contributed by atoms with E-state index in [1.807, 2.05) is 42.5 Å². The van der Waals surface area contributed by atoms with Gasteiger partial charge >= 0.3 is 0 Å². The molecule has 0 radical (unpaired) electrons. The maximum Gasteiger partial charge on any atom is 0.227 e. The molecule has 0 saturated heterocycles. The number of rotatable bonds is 6. The van der Waals surface area contributed by atoms with E-state index in [1.165, 1.54) is 0 Å². The SMILES string of the molecule is C=CCOc1ccc(Nc2nccc(-c3cccnc3)n2)cc1. The van der Waals surface area contributed by atoms with Crippen molar-refractivity contribution >= 4 is 11.6 Å². The molecule has 3 rings (SSSR count). The van der Waals surface area contributed by atoms with E-state index in [0.29, 0.717) is 12.6 Å². The Hall–Kier alpha value is -3.21. The van der Waals surface area contributed by atoms with Gasteiger partial charge in [0.15, 0.2) is 0 Å². The Morgan fingerprint density at radius 3 is 2.70 bits per heavy atom. The molecule has 3 aromatic rings. The molecule has 2 heterocycles. The number of nitrogens with zero attached hydrogens (tertiary/aromatic N) is 3. The van der Waals surface area contributed by atoms with E-state index < -0.39 is 0 Å². The van der Waals surface area contributed by atoms with Crippen LogP contribution in [0, 0.1) is 0 Å². The average Bonchev–Trinajstić information content (AvgIpc) is 2.62. The molecule has 0 aliphatic carbocycles. The molecule has 23 heavy (non-hydrogen) atoms. The third-order valence-electron chi connectivity index (χ3n) is 3.09. The molecule has 5 nitrogen and oxygen atoms in total. The van der Waals surface area contributed by atoms with Crippen LogP contribution in [0.3, 0.4) is 0 Å². The van der Waals surface area contributed by atoms with E-state index in [1.54, 1.807) is 24.7 Å². The Morgan fingerprint density at radius 2 is 1.96 bits per heavy atom. The Kier molecular flexibility index (Phi) is 4.59. The monoisotopic (exact) mass is 304 g/mol. The lowest BCUT2D eigenvalue weighted by molar-refractivity contribution is 0.363. The van der Waals surface area contributed by atoms with E-state index in [2.05, 4.69) is 26.8 Å². The Bertz CT molecular complexity index is 773. The number of aromatic nitrogens is 3. The number of ether oxygens (including phenoxy) is 1. The van der Waals surface area contributed by atoms with Crippen LogP contribution in [-0.2, 0) is 0 Å². The topological polar surface area (TPSA) is 59.9 Å². The first-order valence-electron chi connectivity index (χ1n) is 7.19. The molecular formula is C18H16N4O. The summed E-state index contributed by atoms with van der Waals surface area (Å²) in [7, 11) is 0. The molecule has 0 unspecified atom stereocenters. The fraction of sp³-hybridized carbons (Fsp3) is 0.0556. The van der Waals surface area contributed by atoms with E-state index >= 15 is 0 Å². The van der Waals surface area contributed by atoms with E-state index in [4.69, 9.17) is 4.74 Å². The molecule has 0 fully saturated rings. The van der Waals surface area contributed by atoms with Gasteiger partial charge < -0.3 is 10.1 Å². The van der Waals surface area contributed by atoms with Gasteiger partial charge in [-0.3, -0.25) is 4.98 Å². The van der Waals surface area contributed by atoms with Crippen molar-refractivity contribution in [2.24, 2.45) is 0 Å². The highest BCUT2D eigenvalue weighted by molar-refractivity contribution is 5.61. The van der Waals surface area contributed by atoms with Crippen molar-refractivity contribution in [1.82, 2.24) is 15.0 Å². The Labute approximate surface area is 134 Å². The lowest BCUT2D eigenvalue weighted by Crippen LogP contribution is -1.98. The van der Waals surface area contributed by atoms with Gasteiger partial charge in [-0.2, -0.15) is 0 Å². The Balaban J connectivity index is 1.74. The van der Waals surface area contributed by atoms with Gasteiger partial charge in [-0.25, -0.2) is 9.97 Å². The predicted octanol–water partition coefficient (Wildman–Crippen LogP) is 3.85. The van der Waals surface area contributed by atoms with Crippen LogP contribution in [0.4, 0.5) is 11.6 Å². The molecule has 5 heteroatoms. The van der Waals surface area contributed by atoms with Crippen molar-refractivity contribution in [3.63, 3.8) is 0 Å². The van der Waals surface area contributed by atoms with Gasteiger partial charge in [0.2, 0.25) is 5.95 Å². The average molecular weight is 304 g/mol. The van der Waals surface area contributed by atoms with E-state index in [-0.39, 0.29) is 0 Å². The second-order valence-electron chi connectivity index (χ2n) is 4.76. The van der Waals surface area contributed by atoms with Crippen molar-refractivity contribution in [2.45, 2.75) is 0 Å². The van der Waals surface area contributed by atoms with Crippen molar-refractivity contribution in [3.8, 4) is 17.0 Å². The zero-order valence-corrected chi connectivity index (χ0v) is 12.5. The molecule has 0 amide bonds. The predicted molar refractivity (Wildman–Crippen MR) is 90.7 cm³/mol. The fourth-order valence-corrected chi connectivity index (χ4v) is 2.01. The molecule has 0 aliphatic heterocycles. The molecule has 0 aliphatic rings. The molecule has 0 bridgehead atoms. The highest BCUT2D eigenvalue weighted by atomic mass is 16.5. The largest absolute Gasteiger partial charge is 0.490 e. The quantitative estimate of drug-likeness (QED) is 0.701. The van der Waals surface area contributed by atoms with Crippen LogP contribution in [0.15, 0.2) is 73.7 Å². The zero-order chi connectivity index (χ0) is 15.9. The van der Waals surface area contributed by atoms with E-state index in [0.717, 1.165) is 22.7 Å². The van der Waals surface area contributed by atoms with Crippen molar-refractivity contribution < 1.29 is 4.74 Å². The molecule has 1 N–H and O–H groups in total. The number of hydrogen-bond acceptors (Lipinski definition) is 5. The first-order valence-corrected chi connectivity index (χ1v) is 7.19. The molecule has 0 atom stereocenters. The number of nitrogens with one attached hydrogen (secondary N) is 1. The standard InChI is InChI=1S/C18H16N4O/c1-2-12-23-16-7-5-15(6-8-16)21-18-20-11-9-17(22-18)14-4-3-10-19-13-14/h2-11,13H,1,12H2,(H,20,21,22). The highest BCUT2D eigenvalue weighted by Gasteiger charge is 2.03. The second-order valence-corrected chi connectivity index (χ2v) is 4.76. The maximum absolute atomic E-state index is 5.45. The van der Waals surface area contributed by atoms with Crippen molar-refractivity contribution in [1.29, 1.82) is 0 Å². The van der Waals surface area contributed by atoms with Crippen LogP contribution in [0.5, 0.6) is 5.75 Å². The van der Waals surface area contributed by atoms with Crippen molar-refractivity contribution in [2.75, 3.05) is 11.9 Å². The second kappa shape index (κ2) is 7.17. The van der Waals surface area contributed by atoms with Gasteiger partial charge in [-0.15, -0.1) is 0 Å².